The lowest BCUT2D eigenvalue weighted by Crippen LogP contribution is -2.50. The Labute approximate surface area is 141 Å². The summed E-state index contributed by atoms with van der Waals surface area (Å²) in [6, 6.07) is 6.72. The average molecular weight is 333 g/mol. The lowest BCUT2D eigenvalue weighted by atomic mass is 10.0. The monoisotopic (exact) mass is 333 g/mol. The van der Waals surface area contributed by atoms with Gasteiger partial charge in [0.05, 0.1) is 29.9 Å². The number of hydrogen-bond acceptors (Lipinski definition) is 5. The van der Waals surface area contributed by atoms with E-state index in [1.54, 1.807) is 38.1 Å². The Kier molecular flexibility index (Phi) is 5.72. The van der Waals surface area contributed by atoms with Crippen molar-refractivity contribution >= 4 is 17.8 Å². The molecule has 0 atom stereocenters. The van der Waals surface area contributed by atoms with Crippen LogP contribution in [0.25, 0.3) is 0 Å². The van der Waals surface area contributed by atoms with Crippen molar-refractivity contribution in [2.45, 2.75) is 39.2 Å². The first kappa shape index (κ1) is 18.1. The van der Waals surface area contributed by atoms with Gasteiger partial charge in [0.25, 0.3) is 11.8 Å². The zero-order chi connectivity index (χ0) is 17.7. The summed E-state index contributed by atoms with van der Waals surface area (Å²) in [5.74, 6) is -1.12. The molecule has 2 rings (SSSR count). The van der Waals surface area contributed by atoms with Gasteiger partial charge in [-0.05, 0) is 32.4 Å². The maximum atomic E-state index is 12.5. The van der Waals surface area contributed by atoms with E-state index in [4.69, 9.17) is 9.47 Å². The molecule has 130 valence electrons. The molecule has 0 saturated carbocycles. The molecule has 0 N–H and O–H groups in total. The Balaban J connectivity index is 1.93. The highest BCUT2D eigenvalue weighted by Gasteiger charge is 2.44. The summed E-state index contributed by atoms with van der Waals surface area (Å²) in [5.41, 5.74) is -0.0687. The minimum absolute atomic E-state index is 0.0569. The third kappa shape index (κ3) is 3.82. The molecule has 0 saturated heterocycles. The van der Waals surface area contributed by atoms with Crippen molar-refractivity contribution in [1.29, 1.82) is 0 Å². The number of amides is 2. The van der Waals surface area contributed by atoms with E-state index >= 15 is 0 Å². The number of esters is 1. The molecule has 1 aliphatic heterocycles. The number of carbonyl (C=O) groups excluding carboxylic acids is 3. The lowest BCUT2D eigenvalue weighted by Gasteiger charge is -2.33. The van der Waals surface area contributed by atoms with Crippen LogP contribution in [0.4, 0.5) is 0 Å². The van der Waals surface area contributed by atoms with Crippen LogP contribution in [-0.4, -0.2) is 48.0 Å². The predicted molar refractivity (Wildman–Crippen MR) is 87.7 cm³/mol. The van der Waals surface area contributed by atoms with Gasteiger partial charge in [-0.1, -0.05) is 25.5 Å². The van der Waals surface area contributed by atoms with Crippen LogP contribution in [0.5, 0.6) is 0 Å². The van der Waals surface area contributed by atoms with Gasteiger partial charge < -0.3 is 9.47 Å². The normalized spacial score (nSPS) is 14.0. The summed E-state index contributed by atoms with van der Waals surface area (Å²) in [4.78, 5) is 37.7. The molecule has 0 fully saturated rings. The number of hydrogen-bond donors (Lipinski definition) is 0. The molecule has 0 spiro atoms. The number of fused-ring (bicyclic) bond motifs is 1. The Morgan fingerprint density at radius 1 is 1.12 bits per heavy atom. The van der Waals surface area contributed by atoms with Gasteiger partial charge in [0.2, 0.25) is 0 Å². The highest BCUT2D eigenvalue weighted by atomic mass is 16.6. The van der Waals surface area contributed by atoms with E-state index in [2.05, 4.69) is 0 Å². The van der Waals surface area contributed by atoms with E-state index in [1.807, 2.05) is 6.92 Å². The van der Waals surface area contributed by atoms with Gasteiger partial charge in [-0.15, -0.1) is 0 Å². The van der Waals surface area contributed by atoms with Crippen LogP contribution in [0.2, 0.25) is 0 Å². The molecule has 2 amide bonds. The molecule has 0 aliphatic carbocycles. The fourth-order valence-electron chi connectivity index (χ4n) is 2.56. The largest absolute Gasteiger partial charge is 0.464 e. The zero-order valence-electron chi connectivity index (χ0n) is 14.3. The first-order chi connectivity index (χ1) is 11.4. The van der Waals surface area contributed by atoms with Gasteiger partial charge in [-0.3, -0.25) is 14.5 Å². The molecule has 6 heteroatoms. The second-order valence-electron chi connectivity index (χ2n) is 6.37. The Bertz CT molecular complexity index is 603. The molecular formula is C18H23NO5. The maximum Gasteiger partial charge on any atom is 0.332 e. The second-order valence-corrected chi connectivity index (χ2v) is 6.37. The number of nitrogens with zero attached hydrogens (tertiary/aromatic N) is 1. The fourth-order valence-corrected chi connectivity index (χ4v) is 2.56. The van der Waals surface area contributed by atoms with Crippen LogP contribution in [0.15, 0.2) is 24.3 Å². The van der Waals surface area contributed by atoms with Crippen LogP contribution in [0.3, 0.4) is 0 Å². The van der Waals surface area contributed by atoms with E-state index in [0.29, 0.717) is 17.7 Å². The van der Waals surface area contributed by atoms with E-state index < -0.39 is 11.5 Å². The van der Waals surface area contributed by atoms with Crippen molar-refractivity contribution in [1.82, 2.24) is 4.90 Å². The van der Waals surface area contributed by atoms with E-state index in [0.717, 1.165) is 12.8 Å². The molecule has 1 aromatic rings. The number of ether oxygens (including phenoxy) is 2. The SMILES string of the molecule is CCCCOC(=O)COCC(C)(C)N1C(=O)c2ccccc2C1=O. The number of rotatable bonds is 8. The van der Waals surface area contributed by atoms with Gasteiger partial charge >= 0.3 is 5.97 Å². The zero-order valence-corrected chi connectivity index (χ0v) is 14.3. The lowest BCUT2D eigenvalue weighted by molar-refractivity contribution is -0.150. The summed E-state index contributed by atoms with van der Waals surface area (Å²) in [7, 11) is 0. The highest BCUT2D eigenvalue weighted by Crippen LogP contribution is 2.29. The molecule has 1 heterocycles. The van der Waals surface area contributed by atoms with Gasteiger partial charge in [0.1, 0.15) is 6.61 Å². The fraction of sp³-hybridized carbons (Fsp3) is 0.500. The smallest absolute Gasteiger partial charge is 0.332 e. The Hall–Kier alpha value is -2.21. The van der Waals surface area contributed by atoms with Crippen molar-refractivity contribution < 1.29 is 23.9 Å². The van der Waals surface area contributed by atoms with Crippen LogP contribution < -0.4 is 0 Å². The Morgan fingerprint density at radius 3 is 2.25 bits per heavy atom. The molecule has 24 heavy (non-hydrogen) atoms. The Morgan fingerprint density at radius 2 is 1.71 bits per heavy atom. The molecule has 1 aliphatic rings. The quantitative estimate of drug-likeness (QED) is 0.415. The van der Waals surface area contributed by atoms with Crippen molar-refractivity contribution in [2.24, 2.45) is 0 Å². The molecule has 0 radical (unpaired) electrons. The van der Waals surface area contributed by atoms with Crippen LogP contribution >= 0.6 is 0 Å². The minimum atomic E-state index is -0.864. The van der Waals surface area contributed by atoms with Crippen molar-refractivity contribution in [3.05, 3.63) is 35.4 Å². The summed E-state index contributed by atoms with van der Waals surface area (Å²) < 4.78 is 10.4. The molecule has 0 aromatic heterocycles. The summed E-state index contributed by atoms with van der Waals surface area (Å²) in [6.45, 7) is 5.71. The summed E-state index contributed by atoms with van der Waals surface area (Å²) in [5, 5.41) is 0. The van der Waals surface area contributed by atoms with Crippen LogP contribution in [0.1, 0.15) is 54.3 Å². The van der Waals surface area contributed by atoms with Gasteiger partial charge in [-0.25, -0.2) is 4.79 Å². The van der Waals surface area contributed by atoms with Crippen molar-refractivity contribution in [2.75, 3.05) is 19.8 Å². The topological polar surface area (TPSA) is 72.9 Å². The first-order valence-electron chi connectivity index (χ1n) is 8.09. The van der Waals surface area contributed by atoms with Gasteiger partial charge in [0, 0.05) is 0 Å². The van der Waals surface area contributed by atoms with Gasteiger partial charge in [-0.2, -0.15) is 0 Å². The number of carbonyl (C=O) groups is 3. The molecule has 1 aromatic carbocycles. The number of unbranched alkanes of at least 4 members (excludes halogenated alkanes) is 1. The van der Waals surface area contributed by atoms with Crippen molar-refractivity contribution in [3.8, 4) is 0 Å². The second kappa shape index (κ2) is 7.57. The van der Waals surface area contributed by atoms with Crippen LogP contribution in [-0.2, 0) is 14.3 Å². The summed E-state index contributed by atoms with van der Waals surface area (Å²) >= 11 is 0. The predicted octanol–water partition coefficient (Wildman–Crippen LogP) is 2.42. The standard InChI is InChI=1S/C18H23NO5/c1-4-5-10-24-15(20)11-23-12-18(2,3)19-16(21)13-8-6-7-9-14(13)17(19)22/h6-9H,4-5,10-12H2,1-3H3. The van der Waals surface area contributed by atoms with E-state index in [-0.39, 0.29) is 25.0 Å². The minimum Gasteiger partial charge on any atom is -0.464 e. The number of imide groups is 1. The highest BCUT2D eigenvalue weighted by molar-refractivity contribution is 6.21. The third-order valence-electron chi connectivity index (χ3n) is 3.84. The first-order valence-corrected chi connectivity index (χ1v) is 8.09. The molecule has 0 bridgehead atoms. The summed E-state index contributed by atoms with van der Waals surface area (Å²) in [6.07, 6.45) is 1.76. The van der Waals surface area contributed by atoms with E-state index in [1.165, 1.54) is 4.90 Å². The maximum absolute atomic E-state index is 12.5. The van der Waals surface area contributed by atoms with Crippen molar-refractivity contribution in [3.63, 3.8) is 0 Å². The molecule has 0 unspecified atom stereocenters. The number of benzene rings is 1. The average Bonchev–Trinajstić information content (AvgIpc) is 2.80. The molecular weight excluding hydrogens is 310 g/mol. The van der Waals surface area contributed by atoms with Gasteiger partial charge in [0.15, 0.2) is 0 Å². The van der Waals surface area contributed by atoms with E-state index in [9.17, 15) is 14.4 Å². The van der Waals surface area contributed by atoms with Crippen LogP contribution in [0, 0.1) is 0 Å². The molecule has 6 nitrogen and oxygen atoms in total. The third-order valence-corrected chi connectivity index (χ3v) is 3.84.